The van der Waals surface area contributed by atoms with E-state index in [1.807, 2.05) is 13.8 Å². The Kier molecular flexibility index (Phi) is 4.36. The average Bonchev–Trinajstić information content (AvgIpc) is 1.82. The number of hydrogen-bond acceptors (Lipinski definition) is 2. The van der Waals surface area contributed by atoms with Crippen LogP contribution in [0.2, 0.25) is 0 Å². The first-order valence-corrected chi connectivity index (χ1v) is 3.06. The Labute approximate surface area is 56.1 Å². The van der Waals surface area contributed by atoms with Gasteiger partial charge < -0.3 is 9.84 Å². The van der Waals surface area contributed by atoms with Gasteiger partial charge in [-0.1, -0.05) is 12.2 Å². The Hall–Kier alpha value is -0.340. The summed E-state index contributed by atoms with van der Waals surface area (Å²) in [6, 6.07) is 0. The summed E-state index contributed by atoms with van der Waals surface area (Å²) in [5, 5.41) is 8.34. The van der Waals surface area contributed by atoms with Crippen molar-refractivity contribution in [1.29, 1.82) is 0 Å². The molecule has 0 spiro atoms. The van der Waals surface area contributed by atoms with E-state index in [-0.39, 0.29) is 12.7 Å². The number of aliphatic hydroxyl groups excluding tert-OH is 1. The fraction of sp³-hybridized carbons (Fsp3) is 0.714. The van der Waals surface area contributed by atoms with Gasteiger partial charge in [0.05, 0.1) is 19.3 Å². The minimum Gasteiger partial charge on any atom is -0.394 e. The maximum Gasteiger partial charge on any atom is 0.0752 e. The molecule has 0 amide bonds. The molecule has 1 atom stereocenters. The van der Waals surface area contributed by atoms with Crippen LogP contribution in [0.4, 0.5) is 0 Å². The molecule has 0 aliphatic heterocycles. The Bertz CT molecular complexity index is 88.9. The first kappa shape index (κ1) is 8.66. The van der Waals surface area contributed by atoms with Crippen LogP contribution in [0, 0.1) is 0 Å². The molecular formula is C7H14O2. The minimum atomic E-state index is 0.0668. The molecule has 0 aromatic carbocycles. The lowest BCUT2D eigenvalue weighted by Crippen LogP contribution is -2.11. The van der Waals surface area contributed by atoms with Crippen molar-refractivity contribution in [2.24, 2.45) is 0 Å². The molecule has 0 bridgehead atoms. The zero-order valence-corrected chi connectivity index (χ0v) is 6.05. The summed E-state index contributed by atoms with van der Waals surface area (Å²) in [6.45, 7) is 8.00. The predicted octanol–water partition coefficient (Wildman–Crippen LogP) is 0.960. The topological polar surface area (TPSA) is 29.5 Å². The van der Waals surface area contributed by atoms with Crippen LogP contribution in [-0.2, 0) is 4.74 Å². The summed E-state index contributed by atoms with van der Waals surface area (Å²) in [5.74, 6) is 0. The molecule has 0 aromatic rings. The largest absolute Gasteiger partial charge is 0.394 e. The third-order valence-corrected chi connectivity index (χ3v) is 1.15. The van der Waals surface area contributed by atoms with Gasteiger partial charge in [0.15, 0.2) is 0 Å². The van der Waals surface area contributed by atoms with Crippen LogP contribution in [0.25, 0.3) is 0 Å². The lowest BCUT2D eigenvalue weighted by Gasteiger charge is -2.10. The summed E-state index contributed by atoms with van der Waals surface area (Å²) in [7, 11) is 0. The third kappa shape index (κ3) is 4.18. The van der Waals surface area contributed by atoms with Gasteiger partial charge in [0.1, 0.15) is 0 Å². The molecule has 0 aromatic heterocycles. The van der Waals surface area contributed by atoms with E-state index in [9.17, 15) is 0 Å². The average molecular weight is 130 g/mol. The highest BCUT2D eigenvalue weighted by Gasteiger charge is 1.99. The van der Waals surface area contributed by atoms with Gasteiger partial charge in [-0.2, -0.15) is 0 Å². The van der Waals surface area contributed by atoms with Crippen molar-refractivity contribution in [2.45, 2.75) is 20.0 Å². The van der Waals surface area contributed by atoms with Gasteiger partial charge >= 0.3 is 0 Å². The Balaban J connectivity index is 3.27. The van der Waals surface area contributed by atoms with Crippen LogP contribution in [0.1, 0.15) is 13.8 Å². The van der Waals surface area contributed by atoms with Crippen LogP contribution in [-0.4, -0.2) is 24.4 Å². The predicted molar refractivity (Wildman–Crippen MR) is 37.3 cm³/mol. The highest BCUT2D eigenvalue weighted by molar-refractivity contribution is 4.94. The summed E-state index contributed by atoms with van der Waals surface area (Å²) in [4.78, 5) is 0. The van der Waals surface area contributed by atoms with Crippen LogP contribution < -0.4 is 0 Å². The summed E-state index contributed by atoms with van der Waals surface area (Å²) in [5.41, 5.74) is 0.989. The van der Waals surface area contributed by atoms with Gasteiger partial charge in [-0.15, -0.1) is 0 Å². The lowest BCUT2D eigenvalue weighted by atomic mass is 10.2. The van der Waals surface area contributed by atoms with Crippen LogP contribution in [0.5, 0.6) is 0 Å². The highest BCUT2D eigenvalue weighted by atomic mass is 16.5. The Morgan fingerprint density at radius 3 is 2.67 bits per heavy atom. The SMILES string of the molecule is C=C(C)[C@@H](C)OCCO. The smallest absolute Gasteiger partial charge is 0.0752 e. The fourth-order valence-electron chi connectivity index (χ4n) is 0.372. The van der Waals surface area contributed by atoms with Gasteiger partial charge in [0, 0.05) is 0 Å². The van der Waals surface area contributed by atoms with Gasteiger partial charge in [0.2, 0.25) is 0 Å². The Morgan fingerprint density at radius 2 is 2.33 bits per heavy atom. The second kappa shape index (κ2) is 4.53. The number of aliphatic hydroxyl groups is 1. The number of rotatable bonds is 4. The molecule has 1 N–H and O–H groups in total. The molecule has 0 heterocycles. The standard InChI is InChI=1S/C7H14O2/c1-6(2)7(3)9-5-4-8/h7-8H,1,4-5H2,2-3H3/t7-/m1/s1. The van der Waals surface area contributed by atoms with Gasteiger partial charge in [0.25, 0.3) is 0 Å². The Morgan fingerprint density at radius 1 is 1.78 bits per heavy atom. The fourth-order valence-corrected chi connectivity index (χ4v) is 0.372. The van der Waals surface area contributed by atoms with Crippen LogP contribution in [0.15, 0.2) is 12.2 Å². The summed E-state index contributed by atoms with van der Waals surface area (Å²) in [6.07, 6.45) is 0.0668. The van der Waals surface area contributed by atoms with Crippen molar-refractivity contribution < 1.29 is 9.84 Å². The second-order valence-electron chi connectivity index (χ2n) is 2.08. The van der Waals surface area contributed by atoms with Crippen molar-refractivity contribution in [2.75, 3.05) is 13.2 Å². The number of hydrogen-bond donors (Lipinski definition) is 1. The zero-order valence-electron chi connectivity index (χ0n) is 6.05. The first-order chi connectivity index (χ1) is 4.18. The molecule has 0 aliphatic rings. The highest BCUT2D eigenvalue weighted by Crippen LogP contribution is 2.00. The van der Waals surface area contributed by atoms with E-state index in [4.69, 9.17) is 9.84 Å². The van der Waals surface area contributed by atoms with E-state index in [1.54, 1.807) is 0 Å². The molecule has 0 fully saturated rings. The molecule has 9 heavy (non-hydrogen) atoms. The van der Waals surface area contributed by atoms with E-state index in [0.717, 1.165) is 5.57 Å². The normalized spacial score (nSPS) is 13.2. The van der Waals surface area contributed by atoms with Crippen molar-refractivity contribution in [3.63, 3.8) is 0 Å². The minimum absolute atomic E-state index is 0.0668. The molecule has 0 unspecified atom stereocenters. The molecule has 54 valence electrons. The van der Waals surface area contributed by atoms with E-state index in [2.05, 4.69) is 6.58 Å². The molecule has 0 saturated heterocycles. The van der Waals surface area contributed by atoms with Gasteiger partial charge in [-0.3, -0.25) is 0 Å². The molecule has 0 aliphatic carbocycles. The van der Waals surface area contributed by atoms with Crippen molar-refractivity contribution in [3.05, 3.63) is 12.2 Å². The molecular weight excluding hydrogens is 116 g/mol. The third-order valence-electron chi connectivity index (χ3n) is 1.15. The molecule has 0 rings (SSSR count). The van der Waals surface area contributed by atoms with E-state index < -0.39 is 0 Å². The van der Waals surface area contributed by atoms with E-state index in [1.165, 1.54) is 0 Å². The van der Waals surface area contributed by atoms with Crippen molar-refractivity contribution in [1.82, 2.24) is 0 Å². The van der Waals surface area contributed by atoms with Gasteiger partial charge in [-0.05, 0) is 13.8 Å². The summed E-state index contributed by atoms with van der Waals surface area (Å²) >= 11 is 0. The summed E-state index contributed by atoms with van der Waals surface area (Å²) < 4.78 is 5.10. The van der Waals surface area contributed by atoms with E-state index in [0.29, 0.717) is 6.61 Å². The quantitative estimate of drug-likeness (QED) is 0.574. The maximum absolute atomic E-state index is 8.34. The molecule has 2 nitrogen and oxygen atoms in total. The van der Waals surface area contributed by atoms with E-state index >= 15 is 0 Å². The molecule has 0 saturated carbocycles. The molecule has 2 heteroatoms. The van der Waals surface area contributed by atoms with Gasteiger partial charge in [-0.25, -0.2) is 0 Å². The second-order valence-corrected chi connectivity index (χ2v) is 2.08. The zero-order chi connectivity index (χ0) is 7.28. The first-order valence-electron chi connectivity index (χ1n) is 3.06. The monoisotopic (exact) mass is 130 g/mol. The number of ether oxygens (including phenoxy) is 1. The van der Waals surface area contributed by atoms with Crippen molar-refractivity contribution in [3.8, 4) is 0 Å². The van der Waals surface area contributed by atoms with Crippen LogP contribution in [0.3, 0.4) is 0 Å². The lowest BCUT2D eigenvalue weighted by molar-refractivity contribution is 0.0585. The maximum atomic E-state index is 8.34. The van der Waals surface area contributed by atoms with Crippen LogP contribution >= 0.6 is 0 Å². The van der Waals surface area contributed by atoms with Crippen molar-refractivity contribution >= 4 is 0 Å². The molecule has 0 radical (unpaired) electrons.